The summed E-state index contributed by atoms with van der Waals surface area (Å²) < 4.78 is 17.7. The molecule has 1 fully saturated rings. The van der Waals surface area contributed by atoms with Crippen molar-refractivity contribution in [2.45, 2.75) is 51.6 Å². The number of hydrogen-bond donors (Lipinski definition) is 0. The highest BCUT2D eigenvalue weighted by Gasteiger charge is 2.36. The number of aryl methyl sites for hydroxylation is 1. The van der Waals surface area contributed by atoms with Crippen molar-refractivity contribution >= 4 is 11.9 Å². The van der Waals surface area contributed by atoms with Crippen LogP contribution in [-0.4, -0.2) is 30.6 Å². The predicted molar refractivity (Wildman–Crippen MR) is 115 cm³/mol. The molecule has 1 saturated carbocycles. The van der Waals surface area contributed by atoms with Crippen molar-refractivity contribution in [1.82, 2.24) is 4.90 Å². The molecule has 156 valence electrons. The summed E-state index contributed by atoms with van der Waals surface area (Å²) in [6.45, 7) is 3.31. The Labute approximate surface area is 177 Å². The Balaban J connectivity index is 1.50. The highest BCUT2D eigenvalue weighted by atomic mass is 16.5. The average molecular weight is 405 g/mol. The number of benzene rings is 2. The molecule has 5 heteroatoms. The first kappa shape index (κ1) is 19.2. The van der Waals surface area contributed by atoms with Gasteiger partial charge in [-0.3, -0.25) is 9.69 Å². The Kier molecular flexibility index (Phi) is 4.99. The number of ether oxygens (including phenoxy) is 3. The van der Waals surface area contributed by atoms with E-state index in [2.05, 4.69) is 4.90 Å². The molecule has 5 rings (SSSR count). The number of Topliss-reactive ketones (excluding diaryl/α,β-unsaturated/α-hetero) is 1. The summed E-state index contributed by atoms with van der Waals surface area (Å²) in [6.07, 6.45) is 8.08. The minimum absolute atomic E-state index is 0.0778. The van der Waals surface area contributed by atoms with Gasteiger partial charge in [-0.15, -0.1) is 0 Å². The number of carbonyl (C=O) groups is 1. The number of ketones is 1. The molecular weight excluding hydrogens is 378 g/mol. The molecule has 2 aromatic rings. The van der Waals surface area contributed by atoms with Crippen LogP contribution >= 0.6 is 0 Å². The van der Waals surface area contributed by atoms with E-state index in [1.807, 2.05) is 37.3 Å². The Morgan fingerprint density at radius 1 is 1.17 bits per heavy atom. The van der Waals surface area contributed by atoms with Crippen LogP contribution < -0.4 is 14.2 Å². The standard InChI is InChI=1S/C25H27NO4/c1-16-12-21-19(14-26(15-29-21)18-9-4-3-5-10-18)25-23(16)24(27)22(30-25)13-17-8-6-7-11-20(17)28-2/h6-8,11-13,18H,3-5,9-10,14-15H2,1-2H3/b22-13-. The van der Waals surface area contributed by atoms with Crippen LogP contribution in [0.3, 0.4) is 0 Å². The van der Waals surface area contributed by atoms with Crippen molar-refractivity contribution in [1.29, 1.82) is 0 Å². The van der Waals surface area contributed by atoms with Gasteiger partial charge in [-0.05, 0) is 43.5 Å². The highest BCUT2D eigenvalue weighted by Crippen LogP contribution is 2.45. The molecule has 2 aliphatic heterocycles. The van der Waals surface area contributed by atoms with Crippen molar-refractivity contribution in [3.8, 4) is 17.2 Å². The lowest BCUT2D eigenvalue weighted by atomic mass is 9.93. The molecule has 0 N–H and O–H groups in total. The zero-order chi connectivity index (χ0) is 20.7. The monoisotopic (exact) mass is 405 g/mol. The number of nitrogens with zero attached hydrogens (tertiary/aromatic N) is 1. The van der Waals surface area contributed by atoms with Gasteiger partial charge in [-0.2, -0.15) is 0 Å². The molecule has 30 heavy (non-hydrogen) atoms. The number of carbonyl (C=O) groups excluding carboxylic acids is 1. The number of hydrogen-bond acceptors (Lipinski definition) is 5. The van der Waals surface area contributed by atoms with Gasteiger partial charge in [-0.25, -0.2) is 0 Å². The highest BCUT2D eigenvalue weighted by molar-refractivity contribution is 6.16. The second-order valence-corrected chi connectivity index (χ2v) is 8.37. The first-order valence-electron chi connectivity index (χ1n) is 10.8. The van der Waals surface area contributed by atoms with Gasteiger partial charge in [0.25, 0.3) is 0 Å². The van der Waals surface area contributed by atoms with E-state index in [1.165, 1.54) is 32.1 Å². The zero-order valence-electron chi connectivity index (χ0n) is 17.6. The molecule has 2 heterocycles. The Hall–Kier alpha value is -2.79. The molecule has 0 radical (unpaired) electrons. The molecule has 0 spiro atoms. The maximum absolute atomic E-state index is 13.2. The normalized spacial score (nSPS) is 20.5. The largest absolute Gasteiger partial charge is 0.496 e. The van der Waals surface area contributed by atoms with Crippen LogP contribution in [0.1, 0.15) is 59.2 Å². The van der Waals surface area contributed by atoms with E-state index in [4.69, 9.17) is 14.2 Å². The number of fused-ring (bicyclic) bond motifs is 3. The third-order valence-corrected chi connectivity index (χ3v) is 6.47. The van der Waals surface area contributed by atoms with E-state index in [0.717, 1.165) is 29.0 Å². The van der Waals surface area contributed by atoms with Crippen molar-refractivity contribution in [2.24, 2.45) is 0 Å². The molecule has 0 bridgehead atoms. The number of para-hydroxylation sites is 1. The number of allylic oxidation sites excluding steroid dienone is 1. The molecule has 1 aliphatic carbocycles. The molecule has 0 aromatic heterocycles. The van der Waals surface area contributed by atoms with E-state index in [0.29, 0.717) is 35.6 Å². The van der Waals surface area contributed by atoms with E-state index in [-0.39, 0.29) is 5.78 Å². The summed E-state index contributed by atoms with van der Waals surface area (Å²) in [6, 6.07) is 10.2. The lowest BCUT2D eigenvalue weighted by Gasteiger charge is -2.37. The third-order valence-electron chi connectivity index (χ3n) is 6.47. The van der Waals surface area contributed by atoms with Crippen LogP contribution in [0.25, 0.3) is 6.08 Å². The first-order chi connectivity index (χ1) is 14.7. The van der Waals surface area contributed by atoms with Crippen molar-refractivity contribution in [2.75, 3.05) is 13.8 Å². The van der Waals surface area contributed by atoms with Crippen molar-refractivity contribution in [3.05, 3.63) is 58.3 Å². The maximum atomic E-state index is 13.2. The topological polar surface area (TPSA) is 48.0 Å². The van der Waals surface area contributed by atoms with Crippen molar-refractivity contribution < 1.29 is 19.0 Å². The second kappa shape index (κ2) is 7.80. The van der Waals surface area contributed by atoms with Gasteiger partial charge < -0.3 is 14.2 Å². The summed E-state index contributed by atoms with van der Waals surface area (Å²) in [5.74, 6) is 2.47. The smallest absolute Gasteiger partial charge is 0.232 e. The lowest BCUT2D eigenvalue weighted by molar-refractivity contribution is 0.0393. The van der Waals surface area contributed by atoms with E-state index < -0.39 is 0 Å². The van der Waals surface area contributed by atoms with Crippen LogP contribution in [0, 0.1) is 6.92 Å². The summed E-state index contributed by atoms with van der Waals surface area (Å²) in [5, 5.41) is 0. The maximum Gasteiger partial charge on any atom is 0.232 e. The molecule has 5 nitrogen and oxygen atoms in total. The Bertz CT molecular complexity index is 1020. The fraction of sp³-hybridized carbons (Fsp3) is 0.400. The summed E-state index contributed by atoms with van der Waals surface area (Å²) >= 11 is 0. The SMILES string of the molecule is COc1ccccc1/C=C1\Oc2c3c(cc(C)c2C1=O)OCN(C1CCCCC1)C3. The second-order valence-electron chi connectivity index (χ2n) is 8.37. The predicted octanol–water partition coefficient (Wildman–Crippen LogP) is 5.10. The van der Waals surface area contributed by atoms with Gasteiger partial charge in [0.2, 0.25) is 5.78 Å². The van der Waals surface area contributed by atoms with Crippen LogP contribution in [-0.2, 0) is 6.54 Å². The molecule has 2 aromatic carbocycles. The lowest BCUT2D eigenvalue weighted by Crippen LogP contribution is -2.41. The first-order valence-corrected chi connectivity index (χ1v) is 10.8. The average Bonchev–Trinajstić information content (AvgIpc) is 3.11. The van der Waals surface area contributed by atoms with Gasteiger partial charge in [0.15, 0.2) is 5.76 Å². The van der Waals surface area contributed by atoms with Crippen LogP contribution in [0.15, 0.2) is 36.1 Å². The van der Waals surface area contributed by atoms with Crippen LogP contribution in [0.2, 0.25) is 0 Å². The fourth-order valence-corrected chi connectivity index (χ4v) is 4.85. The summed E-state index contributed by atoms with van der Waals surface area (Å²) in [4.78, 5) is 15.6. The van der Waals surface area contributed by atoms with E-state index in [1.54, 1.807) is 13.2 Å². The van der Waals surface area contributed by atoms with E-state index >= 15 is 0 Å². The van der Waals surface area contributed by atoms with Gasteiger partial charge >= 0.3 is 0 Å². The molecule has 0 amide bonds. The molecule has 3 aliphatic rings. The quantitative estimate of drug-likeness (QED) is 0.665. The van der Waals surface area contributed by atoms with E-state index in [9.17, 15) is 4.79 Å². The summed E-state index contributed by atoms with van der Waals surface area (Å²) in [7, 11) is 1.63. The number of methoxy groups -OCH3 is 1. The Morgan fingerprint density at radius 3 is 2.77 bits per heavy atom. The Morgan fingerprint density at radius 2 is 1.97 bits per heavy atom. The molecular formula is C25H27NO4. The van der Waals surface area contributed by atoms with Gasteiger partial charge in [0.1, 0.15) is 24.0 Å². The van der Waals surface area contributed by atoms with Gasteiger partial charge in [0, 0.05) is 18.2 Å². The number of rotatable bonds is 3. The molecule has 0 saturated heterocycles. The minimum atomic E-state index is -0.0778. The summed E-state index contributed by atoms with van der Waals surface area (Å²) in [5.41, 5.74) is 3.36. The minimum Gasteiger partial charge on any atom is -0.496 e. The van der Waals surface area contributed by atoms with Crippen LogP contribution in [0.5, 0.6) is 17.2 Å². The fourth-order valence-electron chi connectivity index (χ4n) is 4.85. The van der Waals surface area contributed by atoms with Crippen LogP contribution in [0.4, 0.5) is 0 Å². The van der Waals surface area contributed by atoms with Gasteiger partial charge in [0.05, 0.1) is 18.2 Å². The molecule has 0 atom stereocenters. The van der Waals surface area contributed by atoms with Crippen molar-refractivity contribution in [3.63, 3.8) is 0 Å². The third kappa shape index (κ3) is 3.27. The van der Waals surface area contributed by atoms with Gasteiger partial charge in [-0.1, -0.05) is 37.5 Å². The molecule has 0 unspecified atom stereocenters. The zero-order valence-corrected chi connectivity index (χ0v) is 17.6.